The zero-order valence-corrected chi connectivity index (χ0v) is 9.52. The van der Waals surface area contributed by atoms with Crippen LogP contribution in [0.15, 0.2) is 0 Å². The zero-order valence-electron chi connectivity index (χ0n) is 9.52. The van der Waals surface area contributed by atoms with Crippen LogP contribution in [0.4, 0.5) is 0 Å². The van der Waals surface area contributed by atoms with Crippen LogP contribution in [-0.4, -0.2) is 37.1 Å². The molecule has 2 fully saturated rings. The van der Waals surface area contributed by atoms with Crippen LogP contribution in [0.2, 0.25) is 0 Å². The smallest absolute Gasteiger partial charge is 0.0865 e. The highest BCUT2D eigenvalue weighted by atomic mass is 16.5. The molecule has 0 radical (unpaired) electrons. The Hall–Kier alpha value is -0.120. The van der Waals surface area contributed by atoms with Crippen LogP contribution in [0.25, 0.3) is 0 Å². The monoisotopic (exact) mass is 214 g/mol. The Bertz CT molecular complexity index is 185. The molecule has 0 bridgehead atoms. The predicted octanol–water partition coefficient (Wildman–Crippen LogP) is 1.59. The summed E-state index contributed by atoms with van der Waals surface area (Å²) in [5, 5.41) is 10.3. The van der Waals surface area contributed by atoms with E-state index in [-0.39, 0.29) is 18.1 Å². The Balaban J connectivity index is 1.87. The topological polar surface area (TPSA) is 38.7 Å². The highest BCUT2D eigenvalue weighted by Crippen LogP contribution is 2.38. The first-order chi connectivity index (χ1) is 7.33. The molecule has 2 aliphatic rings. The number of rotatable bonds is 5. The standard InChI is InChI=1S/C12H22O3/c1-2-15-12(9-5-6-9)11(13)10-4-3-7-14-8-10/h9-13H,2-8H2,1H3. The maximum atomic E-state index is 10.3. The fourth-order valence-corrected chi connectivity index (χ4v) is 2.43. The molecule has 3 heteroatoms. The molecular formula is C12H22O3. The predicted molar refractivity (Wildman–Crippen MR) is 57.7 cm³/mol. The number of ether oxygens (including phenoxy) is 2. The third kappa shape index (κ3) is 2.92. The van der Waals surface area contributed by atoms with Gasteiger partial charge in [-0.2, -0.15) is 0 Å². The first-order valence-electron chi connectivity index (χ1n) is 6.20. The van der Waals surface area contributed by atoms with Crippen molar-refractivity contribution in [1.29, 1.82) is 0 Å². The van der Waals surface area contributed by atoms with Gasteiger partial charge in [-0.3, -0.25) is 0 Å². The van der Waals surface area contributed by atoms with Gasteiger partial charge in [0.15, 0.2) is 0 Å². The van der Waals surface area contributed by atoms with Gasteiger partial charge in [-0.1, -0.05) is 0 Å². The first-order valence-corrected chi connectivity index (χ1v) is 6.20. The van der Waals surface area contributed by atoms with E-state index in [1.807, 2.05) is 6.92 Å². The summed E-state index contributed by atoms with van der Waals surface area (Å²) in [7, 11) is 0. The molecule has 2 rings (SSSR count). The number of aliphatic hydroxyl groups is 1. The van der Waals surface area contributed by atoms with Gasteiger partial charge >= 0.3 is 0 Å². The molecular weight excluding hydrogens is 192 g/mol. The average Bonchev–Trinajstić information content (AvgIpc) is 3.10. The lowest BCUT2D eigenvalue weighted by molar-refractivity contribution is -0.0967. The highest BCUT2D eigenvalue weighted by Gasteiger charge is 2.40. The molecule has 1 aliphatic carbocycles. The molecule has 1 heterocycles. The Morgan fingerprint density at radius 2 is 2.13 bits per heavy atom. The maximum Gasteiger partial charge on any atom is 0.0865 e. The van der Waals surface area contributed by atoms with Crippen molar-refractivity contribution in [3.8, 4) is 0 Å². The summed E-state index contributed by atoms with van der Waals surface area (Å²) in [5.41, 5.74) is 0. The molecule has 3 nitrogen and oxygen atoms in total. The van der Waals surface area contributed by atoms with Crippen LogP contribution in [-0.2, 0) is 9.47 Å². The normalized spacial score (nSPS) is 31.2. The Labute approximate surface area is 91.8 Å². The third-order valence-electron chi connectivity index (χ3n) is 3.46. The van der Waals surface area contributed by atoms with Crippen LogP contribution >= 0.6 is 0 Å². The SMILES string of the molecule is CCOC(C1CC1)C(O)C1CCCOC1. The molecule has 0 aromatic rings. The van der Waals surface area contributed by atoms with Gasteiger partial charge in [0.05, 0.1) is 18.8 Å². The first kappa shape index (κ1) is 11.4. The Kier molecular flexibility index (Phi) is 4.00. The second-order valence-corrected chi connectivity index (χ2v) is 4.73. The van der Waals surface area contributed by atoms with Crippen molar-refractivity contribution in [2.45, 2.75) is 44.8 Å². The van der Waals surface area contributed by atoms with Gasteiger partial charge in [0.1, 0.15) is 0 Å². The second kappa shape index (κ2) is 5.28. The van der Waals surface area contributed by atoms with E-state index >= 15 is 0 Å². The number of hydrogen-bond donors (Lipinski definition) is 1. The van der Waals surface area contributed by atoms with Gasteiger partial charge in [-0.15, -0.1) is 0 Å². The third-order valence-corrected chi connectivity index (χ3v) is 3.46. The van der Waals surface area contributed by atoms with Crippen molar-refractivity contribution in [2.75, 3.05) is 19.8 Å². The summed E-state index contributed by atoms with van der Waals surface area (Å²) in [6.45, 7) is 4.26. The quantitative estimate of drug-likeness (QED) is 0.755. The van der Waals surface area contributed by atoms with Gasteiger partial charge < -0.3 is 14.6 Å². The molecule has 88 valence electrons. The molecule has 3 unspecified atom stereocenters. The summed E-state index contributed by atoms with van der Waals surface area (Å²) in [6.07, 6.45) is 4.33. The minimum atomic E-state index is -0.322. The fraction of sp³-hybridized carbons (Fsp3) is 1.00. The largest absolute Gasteiger partial charge is 0.390 e. The van der Waals surface area contributed by atoms with E-state index in [2.05, 4.69) is 0 Å². The van der Waals surface area contributed by atoms with Gasteiger partial charge in [0.25, 0.3) is 0 Å². The lowest BCUT2D eigenvalue weighted by atomic mass is 9.90. The molecule has 15 heavy (non-hydrogen) atoms. The number of aliphatic hydroxyl groups excluding tert-OH is 1. The van der Waals surface area contributed by atoms with E-state index in [9.17, 15) is 5.11 Å². The van der Waals surface area contributed by atoms with Crippen molar-refractivity contribution in [2.24, 2.45) is 11.8 Å². The van der Waals surface area contributed by atoms with E-state index in [0.29, 0.717) is 19.1 Å². The van der Waals surface area contributed by atoms with Crippen molar-refractivity contribution < 1.29 is 14.6 Å². The van der Waals surface area contributed by atoms with Gasteiger partial charge in [0, 0.05) is 19.1 Å². The second-order valence-electron chi connectivity index (χ2n) is 4.73. The molecule has 0 amide bonds. The molecule has 0 spiro atoms. The van der Waals surface area contributed by atoms with Gasteiger partial charge in [0.2, 0.25) is 0 Å². The van der Waals surface area contributed by atoms with E-state index < -0.39 is 0 Å². The summed E-state index contributed by atoms with van der Waals surface area (Å²) in [6, 6.07) is 0. The molecule has 1 N–H and O–H groups in total. The average molecular weight is 214 g/mol. The summed E-state index contributed by atoms with van der Waals surface area (Å²) in [5.74, 6) is 0.887. The minimum Gasteiger partial charge on any atom is -0.390 e. The molecule has 1 saturated heterocycles. The van der Waals surface area contributed by atoms with Crippen molar-refractivity contribution in [3.05, 3.63) is 0 Å². The Morgan fingerprint density at radius 1 is 1.33 bits per heavy atom. The summed E-state index contributed by atoms with van der Waals surface area (Å²) in [4.78, 5) is 0. The van der Waals surface area contributed by atoms with E-state index in [4.69, 9.17) is 9.47 Å². The maximum absolute atomic E-state index is 10.3. The molecule has 1 saturated carbocycles. The van der Waals surface area contributed by atoms with Crippen LogP contribution in [0.1, 0.15) is 32.6 Å². The van der Waals surface area contributed by atoms with E-state index in [1.54, 1.807) is 0 Å². The van der Waals surface area contributed by atoms with Crippen LogP contribution < -0.4 is 0 Å². The van der Waals surface area contributed by atoms with E-state index in [1.165, 1.54) is 12.8 Å². The van der Waals surface area contributed by atoms with Crippen LogP contribution in [0.5, 0.6) is 0 Å². The lowest BCUT2D eigenvalue weighted by Crippen LogP contribution is -2.40. The minimum absolute atomic E-state index is 0.0571. The molecule has 3 atom stereocenters. The zero-order chi connectivity index (χ0) is 10.7. The van der Waals surface area contributed by atoms with Crippen molar-refractivity contribution in [1.82, 2.24) is 0 Å². The highest BCUT2D eigenvalue weighted by molar-refractivity contribution is 4.90. The van der Waals surface area contributed by atoms with E-state index in [0.717, 1.165) is 19.4 Å². The molecule has 1 aliphatic heterocycles. The molecule has 0 aromatic carbocycles. The lowest BCUT2D eigenvalue weighted by Gasteiger charge is -2.32. The summed E-state index contributed by atoms with van der Waals surface area (Å²) >= 11 is 0. The summed E-state index contributed by atoms with van der Waals surface area (Å²) < 4.78 is 11.1. The van der Waals surface area contributed by atoms with Gasteiger partial charge in [-0.05, 0) is 38.5 Å². The Morgan fingerprint density at radius 3 is 2.67 bits per heavy atom. The van der Waals surface area contributed by atoms with Gasteiger partial charge in [-0.25, -0.2) is 0 Å². The van der Waals surface area contributed by atoms with Crippen molar-refractivity contribution >= 4 is 0 Å². The molecule has 0 aromatic heterocycles. The fourth-order valence-electron chi connectivity index (χ4n) is 2.43. The number of hydrogen-bond acceptors (Lipinski definition) is 3. The van der Waals surface area contributed by atoms with Crippen molar-refractivity contribution in [3.63, 3.8) is 0 Å². The van der Waals surface area contributed by atoms with Crippen LogP contribution in [0, 0.1) is 11.8 Å². The van der Waals surface area contributed by atoms with Crippen LogP contribution in [0.3, 0.4) is 0 Å².